The summed E-state index contributed by atoms with van der Waals surface area (Å²) in [6.07, 6.45) is 1.69. The van der Waals surface area contributed by atoms with Crippen LogP contribution in [0.25, 0.3) is 11.4 Å². The van der Waals surface area contributed by atoms with E-state index >= 15 is 0 Å². The van der Waals surface area contributed by atoms with E-state index in [1.807, 2.05) is 74.5 Å². The van der Waals surface area contributed by atoms with Gasteiger partial charge in [0.05, 0.1) is 0 Å². The van der Waals surface area contributed by atoms with Crippen molar-refractivity contribution in [3.8, 4) is 17.3 Å². The first-order valence-electron chi connectivity index (χ1n) is 9.10. The summed E-state index contributed by atoms with van der Waals surface area (Å²) in [5.41, 5.74) is 3.35. The third-order valence-corrected chi connectivity index (χ3v) is 4.39. The van der Waals surface area contributed by atoms with Gasteiger partial charge in [-0.05, 0) is 26.0 Å². The van der Waals surface area contributed by atoms with Crippen LogP contribution in [-0.2, 0) is 4.79 Å². The Morgan fingerprint density at radius 3 is 2.32 bits per heavy atom. The highest BCUT2D eigenvalue weighted by Crippen LogP contribution is 2.23. The van der Waals surface area contributed by atoms with E-state index in [1.54, 1.807) is 11.0 Å². The van der Waals surface area contributed by atoms with Crippen molar-refractivity contribution in [2.45, 2.75) is 13.8 Å². The van der Waals surface area contributed by atoms with Gasteiger partial charge in [-0.2, -0.15) is 4.98 Å². The maximum atomic E-state index is 12.8. The Kier molecular flexibility index (Phi) is 6.17. The number of aromatic nitrogens is 2. The largest absolute Gasteiger partial charge is 0.467 e. The smallest absolute Gasteiger partial charge is 0.265 e. The Morgan fingerprint density at radius 2 is 1.68 bits per heavy atom. The standard InChI is InChI=1S/C23H23N3O2/c1-4-15-26(20-13-9-6-10-14-20)21(27)16-28-23-17(2)18(3)24-22(25-23)19-11-7-5-8-12-19/h4-14H,1,15-16H2,2-3H3. The Balaban J connectivity index is 1.80. The molecule has 1 amide bonds. The Morgan fingerprint density at radius 1 is 1.04 bits per heavy atom. The number of carbonyl (C=O) groups is 1. The number of hydrogen-bond donors (Lipinski definition) is 0. The highest BCUT2D eigenvalue weighted by molar-refractivity contribution is 5.94. The van der Waals surface area contributed by atoms with Gasteiger partial charge >= 0.3 is 0 Å². The van der Waals surface area contributed by atoms with E-state index in [2.05, 4.69) is 16.5 Å². The molecule has 0 atom stereocenters. The van der Waals surface area contributed by atoms with Crippen LogP contribution in [-0.4, -0.2) is 29.0 Å². The molecule has 5 heteroatoms. The van der Waals surface area contributed by atoms with E-state index in [1.165, 1.54) is 0 Å². The lowest BCUT2D eigenvalue weighted by Gasteiger charge is -2.21. The zero-order valence-electron chi connectivity index (χ0n) is 16.1. The van der Waals surface area contributed by atoms with Gasteiger partial charge < -0.3 is 9.64 Å². The topological polar surface area (TPSA) is 55.3 Å². The summed E-state index contributed by atoms with van der Waals surface area (Å²) in [5, 5.41) is 0. The van der Waals surface area contributed by atoms with Crippen molar-refractivity contribution < 1.29 is 9.53 Å². The lowest BCUT2D eigenvalue weighted by atomic mass is 10.2. The van der Waals surface area contributed by atoms with Crippen molar-refractivity contribution >= 4 is 11.6 Å². The average molecular weight is 373 g/mol. The first-order chi connectivity index (χ1) is 13.6. The second-order valence-corrected chi connectivity index (χ2v) is 6.35. The molecule has 3 rings (SSSR count). The fourth-order valence-corrected chi connectivity index (χ4v) is 2.76. The lowest BCUT2D eigenvalue weighted by molar-refractivity contribution is -0.120. The molecule has 3 aromatic rings. The zero-order valence-corrected chi connectivity index (χ0v) is 16.1. The lowest BCUT2D eigenvalue weighted by Crippen LogP contribution is -2.35. The molecule has 0 N–H and O–H groups in total. The fraction of sp³-hybridized carbons (Fsp3) is 0.174. The third kappa shape index (κ3) is 4.43. The van der Waals surface area contributed by atoms with Gasteiger partial charge in [0.15, 0.2) is 12.4 Å². The summed E-state index contributed by atoms with van der Waals surface area (Å²) < 4.78 is 5.81. The molecule has 0 fully saturated rings. The number of ether oxygens (including phenoxy) is 1. The summed E-state index contributed by atoms with van der Waals surface area (Å²) in [7, 11) is 0. The fourth-order valence-electron chi connectivity index (χ4n) is 2.76. The number of benzene rings is 2. The maximum Gasteiger partial charge on any atom is 0.265 e. The highest BCUT2D eigenvalue weighted by Gasteiger charge is 2.17. The van der Waals surface area contributed by atoms with E-state index < -0.39 is 0 Å². The highest BCUT2D eigenvalue weighted by atomic mass is 16.5. The number of para-hydroxylation sites is 1. The Hall–Kier alpha value is -3.47. The molecule has 28 heavy (non-hydrogen) atoms. The molecular formula is C23H23N3O2. The maximum absolute atomic E-state index is 12.8. The van der Waals surface area contributed by atoms with Crippen molar-refractivity contribution in [1.82, 2.24) is 9.97 Å². The predicted molar refractivity (Wildman–Crippen MR) is 111 cm³/mol. The van der Waals surface area contributed by atoms with Crippen molar-refractivity contribution in [2.24, 2.45) is 0 Å². The average Bonchev–Trinajstić information content (AvgIpc) is 2.74. The quantitative estimate of drug-likeness (QED) is 0.578. The number of carbonyl (C=O) groups excluding carboxylic acids is 1. The van der Waals surface area contributed by atoms with Crippen molar-refractivity contribution in [3.05, 3.63) is 84.6 Å². The van der Waals surface area contributed by atoms with Crippen LogP contribution in [0.1, 0.15) is 11.3 Å². The summed E-state index contributed by atoms with van der Waals surface area (Å²) in [5.74, 6) is 0.839. The van der Waals surface area contributed by atoms with E-state index in [-0.39, 0.29) is 12.5 Å². The first kappa shape index (κ1) is 19.3. The zero-order chi connectivity index (χ0) is 19.9. The van der Waals surface area contributed by atoms with Gasteiger partial charge in [-0.3, -0.25) is 4.79 Å². The van der Waals surface area contributed by atoms with Crippen molar-refractivity contribution in [2.75, 3.05) is 18.1 Å². The summed E-state index contributed by atoms with van der Waals surface area (Å²) in [6.45, 7) is 7.83. The van der Waals surface area contributed by atoms with Crippen LogP contribution in [0.2, 0.25) is 0 Å². The number of anilines is 1. The summed E-state index contributed by atoms with van der Waals surface area (Å²) in [6, 6.07) is 19.2. The van der Waals surface area contributed by atoms with Crippen LogP contribution in [0.4, 0.5) is 5.69 Å². The molecule has 0 radical (unpaired) electrons. The van der Waals surface area contributed by atoms with Gasteiger partial charge in [-0.1, -0.05) is 54.6 Å². The molecule has 0 aliphatic carbocycles. The molecule has 1 heterocycles. The Labute approximate surface area is 165 Å². The molecule has 0 bridgehead atoms. The first-order valence-corrected chi connectivity index (χ1v) is 9.10. The van der Waals surface area contributed by atoms with E-state index in [0.717, 1.165) is 22.5 Å². The number of aryl methyl sites for hydroxylation is 1. The monoisotopic (exact) mass is 373 g/mol. The minimum atomic E-state index is -0.164. The molecule has 0 saturated carbocycles. The minimum absolute atomic E-state index is 0.117. The normalized spacial score (nSPS) is 10.4. The second kappa shape index (κ2) is 8.95. The van der Waals surface area contributed by atoms with Gasteiger partial charge in [0.25, 0.3) is 5.91 Å². The summed E-state index contributed by atoms with van der Waals surface area (Å²) in [4.78, 5) is 23.5. The van der Waals surface area contributed by atoms with Crippen LogP contribution in [0, 0.1) is 13.8 Å². The van der Waals surface area contributed by atoms with Gasteiger partial charge in [-0.25, -0.2) is 4.98 Å². The number of rotatable bonds is 7. The summed E-state index contributed by atoms with van der Waals surface area (Å²) >= 11 is 0. The SMILES string of the molecule is C=CCN(C(=O)COc1nc(-c2ccccc2)nc(C)c1C)c1ccccc1. The van der Waals surface area contributed by atoms with Crippen LogP contribution in [0.3, 0.4) is 0 Å². The van der Waals surface area contributed by atoms with E-state index in [0.29, 0.717) is 18.2 Å². The predicted octanol–water partition coefficient (Wildman–Crippen LogP) is 4.36. The van der Waals surface area contributed by atoms with Gasteiger partial charge in [0.1, 0.15) is 0 Å². The molecule has 0 unspecified atom stereocenters. The minimum Gasteiger partial charge on any atom is -0.467 e. The molecule has 0 aliphatic rings. The number of nitrogens with zero attached hydrogens (tertiary/aromatic N) is 3. The molecule has 0 saturated heterocycles. The number of amides is 1. The van der Waals surface area contributed by atoms with Crippen LogP contribution in [0.15, 0.2) is 73.3 Å². The second-order valence-electron chi connectivity index (χ2n) is 6.35. The van der Waals surface area contributed by atoms with Crippen LogP contribution >= 0.6 is 0 Å². The number of hydrogen-bond acceptors (Lipinski definition) is 4. The van der Waals surface area contributed by atoms with E-state index in [4.69, 9.17) is 4.74 Å². The molecule has 0 aliphatic heterocycles. The van der Waals surface area contributed by atoms with Gasteiger partial charge in [0, 0.05) is 29.1 Å². The van der Waals surface area contributed by atoms with Gasteiger partial charge in [0.2, 0.25) is 5.88 Å². The van der Waals surface area contributed by atoms with E-state index in [9.17, 15) is 4.79 Å². The molecule has 5 nitrogen and oxygen atoms in total. The van der Waals surface area contributed by atoms with Crippen molar-refractivity contribution in [3.63, 3.8) is 0 Å². The molecule has 1 aromatic heterocycles. The van der Waals surface area contributed by atoms with Crippen molar-refractivity contribution in [1.29, 1.82) is 0 Å². The van der Waals surface area contributed by atoms with Gasteiger partial charge in [-0.15, -0.1) is 6.58 Å². The third-order valence-electron chi connectivity index (χ3n) is 4.39. The molecular weight excluding hydrogens is 350 g/mol. The molecule has 0 spiro atoms. The van der Waals surface area contributed by atoms with Crippen LogP contribution < -0.4 is 9.64 Å². The molecule has 2 aromatic carbocycles. The Bertz CT molecular complexity index is 956. The molecule has 142 valence electrons. The van der Waals surface area contributed by atoms with Crippen LogP contribution in [0.5, 0.6) is 5.88 Å².